The maximum Gasteiger partial charge on any atom is 0.209 e. The third-order valence-corrected chi connectivity index (χ3v) is 9.12. The SMILES string of the molecule is C=C=Cc1ccc2c(c1O)C(=O)C1=C(O)[C@@]3(O)C(=O)C(C(C)=O)=C(O)C(C(C)C)[C@@]3(C)[C@H](O)[C@@]1(C)[C@@H]2C. The summed E-state index contributed by atoms with van der Waals surface area (Å²) in [5.41, 5.74) is -4.42. The van der Waals surface area contributed by atoms with Crippen molar-refractivity contribution in [1.29, 1.82) is 0 Å². The number of fused-ring (bicyclic) bond motifs is 3. The molecule has 1 aromatic rings. The molecule has 3 aliphatic carbocycles. The molecule has 0 radical (unpaired) electrons. The number of aromatic hydroxyl groups is 1. The zero-order valence-electron chi connectivity index (χ0n) is 21.7. The van der Waals surface area contributed by atoms with Crippen LogP contribution in [0.2, 0.25) is 0 Å². The van der Waals surface area contributed by atoms with Crippen molar-refractivity contribution in [3.63, 3.8) is 0 Å². The monoisotopic (exact) mass is 508 g/mol. The first-order valence-corrected chi connectivity index (χ1v) is 12.2. The van der Waals surface area contributed by atoms with Gasteiger partial charge in [0, 0.05) is 22.3 Å². The van der Waals surface area contributed by atoms with E-state index in [1.807, 2.05) is 0 Å². The van der Waals surface area contributed by atoms with Crippen LogP contribution in [0, 0.1) is 22.7 Å². The summed E-state index contributed by atoms with van der Waals surface area (Å²) in [6.07, 6.45) is -0.273. The predicted molar refractivity (Wildman–Crippen MR) is 135 cm³/mol. The van der Waals surface area contributed by atoms with Gasteiger partial charge in [-0.15, -0.1) is 5.73 Å². The van der Waals surface area contributed by atoms with Crippen molar-refractivity contribution in [2.45, 2.75) is 59.2 Å². The van der Waals surface area contributed by atoms with Crippen molar-refractivity contribution in [3.05, 3.63) is 63.8 Å². The number of carbonyl (C=O) groups is 3. The van der Waals surface area contributed by atoms with Gasteiger partial charge in [-0.2, -0.15) is 0 Å². The number of Topliss-reactive ketones (excluding diaryl/α,β-unsaturated/α-hetero) is 3. The van der Waals surface area contributed by atoms with Gasteiger partial charge in [-0.3, -0.25) is 14.4 Å². The van der Waals surface area contributed by atoms with Crippen molar-refractivity contribution >= 4 is 23.4 Å². The van der Waals surface area contributed by atoms with Gasteiger partial charge >= 0.3 is 0 Å². The number of benzene rings is 1. The van der Waals surface area contributed by atoms with Crippen LogP contribution < -0.4 is 0 Å². The molecule has 0 amide bonds. The van der Waals surface area contributed by atoms with Crippen LogP contribution in [0.15, 0.2) is 47.1 Å². The molecule has 196 valence electrons. The van der Waals surface area contributed by atoms with Crippen molar-refractivity contribution in [2.24, 2.45) is 22.7 Å². The lowest BCUT2D eigenvalue weighted by Gasteiger charge is -2.63. The summed E-state index contributed by atoms with van der Waals surface area (Å²) in [7, 11) is 0. The first-order valence-electron chi connectivity index (χ1n) is 12.2. The van der Waals surface area contributed by atoms with Gasteiger partial charge in [0.25, 0.3) is 0 Å². The van der Waals surface area contributed by atoms with Gasteiger partial charge in [0.15, 0.2) is 17.2 Å². The highest BCUT2D eigenvalue weighted by Crippen LogP contribution is 2.67. The lowest BCUT2D eigenvalue weighted by molar-refractivity contribution is -0.211. The first kappa shape index (κ1) is 26.6. The number of hydrogen-bond donors (Lipinski definition) is 5. The van der Waals surface area contributed by atoms with Gasteiger partial charge in [0.2, 0.25) is 5.78 Å². The Balaban J connectivity index is 2.17. The van der Waals surface area contributed by atoms with E-state index in [0.717, 1.165) is 6.92 Å². The maximum atomic E-state index is 14.0. The van der Waals surface area contributed by atoms with Crippen LogP contribution in [-0.2, 0) is 9.59 Å². The largest absolute Gasteiger partial charge is 0.511 e. The fourth-order valence-corrected chi connectivity index (χ4v) is 7.18. The van der Waals surface area contributed by atoms with E-state index in [1.165, 1.54) is 13.0 Å². The predicted octanol–water partition coefficient (Wildman–Crippen LogP) is 3.68. The molecule has 0 saturated heterocycles. The van der Waals surface area contributed by atoms with Gasteiger partial charge < -0.3 is 25.5 Å². The number of ketones is 3. The van der Waals surface area contributed by atoms with Crippen LogP contribution in [0.1, 0.15) is 68.9 Å². The third kappa shape index (κ3) is 2.83. The van der Waals surface area contributed by atoms with E-state index >= 15 is 0 Å². The Morgan fingerprint density at radius 3 is 2.27 bits per heavy atom. The fourth-order valence-electron chi connectivity index (χ4n) is 7.18. The molecule has 0 saturated carbocycles. The van der Waals surface area contributed by atoms with E-state index in [-0.39, 0.29) is 16.9 Å². The number of rotatable bonds is 3. The Morgan fingerprint density at radius 1 is 1.16 bits per heavy atom. The number of carbonyl (C=O) groups excluding carboxylic acids is 3. The van der Waals surface area contributed by atoms with E-state index in [9.17, 15) is 39.9 Å². The minimum absolute atomic E-state index is 0.135. The van der Waals surface area contributed by atoms with Crippen LogP contribution in [0.3, 0.4) is 0 Å². The molecule has 3 aliphatic rings. The zero-order chi connectivity index (χ0) is 28.0. The molecule has 5 N–H and O–H groups in total. The number of hydrogen-bond acceptors (Lipinski definition) is 8. The minimum Gasteiger partial charge on any atom is -0.511 e. The number of allylic oxidation sites excluding steroid dienone is 1. The Hall–Kier alpha value is -3.45. The Kier molecular flexibility index (Phi) is 5.77. The van der Waals surface area contributed by atoms with Gasteiger partial charge in [-0.05, 0) is 30.4 Å². The quantitative estimate of drug-likeness (QED) is 0.306. The highest BCUT2D eigenvalue weighted by atomic mass is 16.4. The second kappa shape index (κ2) is 8.02. The fraction of sp³-hybridized carbons (Fsp3) is 0.448. The van der Waals surface area contributed by atoms with Crippen LogP contribution in [0.25, 0.3) is 6.08 Å². The number of aliphatic hydroxyl groups excluding tert-OH is 3. The Bertz CT molecular complexity index is 1390. The average Bonchev–Trinajstić information content (AvgIpc) is 2.80. The Labute approximate surface area is 215 Å². The second-order valence-electron chi connectivity index (χ2n) is 11.1. The second-order valence-corrected chi connectivity index (χ2v) is 11.1. The Morgan fingerprint density at radius 2 is 1.76 bits per heavy atom. The molecular formula is C29H32O8. The summed E-state index contributed by atoms with van der Waals surface area (Å²) >= 11 is 0. The smallest absolute Gasteiger partial charge is 0.209 e. The molecule has 6 atom stereocenters. The first-order chi connectivity index (χ1) is 17.1. The van der Waals surface area contributed by atoms with Crippen LogP contribution in [0.5, 0.6) is 5.75 Å². The van der Waals surface area contributed by atoms with Crippen molar-refractivity contribution in [3.8, 4) is 5.75 Å². The molecule has 0 heterocycles. The number of phenols is 1. The zero-order valence-corrected chi connectivity index (χ0v) is 21.7. The highest BCUT2D eigenvalue weighted by Gasteiger charge is 2.76. The molecular weight excluding hydrogens is 476 g/mol. The molecule has 4 rings (SSSR count). The lowest BCUT2D eigenvalue weighted by Crippen LogP contribution is -2.73. The third-order valence-electron chi connectivity index (χ3n) is 9.12. The standard InChI is InChI=1S/C29H32O8/c1-8-9-15-10-11-16-13(4)27(6)20(23(33)18(16)21(15)31)25(35)29(37)24(34)17(14(5)30)22(32)19(12(2)3)28(29,7)26(27)36/h9-13,19,26,31-32,35-37H,1H2,2-7H3/t13-,19?,26-,27+,28+,29+/m1/s1. The normalized spacial score (nSPS) is 35.1. The summed E-state index contributed by atoms with van der Waals surface area (Å²) in [4.78, 5) is 40.1. The summed E-state index contributed by atoms with van der Waals surface area (Å²) in [6.45, 7) is 12.6. The molecule has 0 aromatic heterocycles. The molecule has 1 unspecified atom stereocenters. The molecule has 8 nitrogen and oxygen atoms in total. The summed E-state index contributed by atoms with van der Waals surface area (Å²) < 4.78 is 0. The van der Waals surface area contributed by atoms with Gasteiger partial charge in [0.05, 0.1) is 17.2 Å². The van der Waals surface area contributed by atoms with E-state index < -0.39 is 80.3 Å². The van der Waals surface area contributed by atoms with E-state index in [1.54, 1.807) is 39.8 Å². The summed E-state index contributed by atoms with van der Waals surface area (Å²) in [5, 5.41) is 57.9. The van der Waals surface area contributed by atoms with Crippen molar-refractivity contribution in [1.82, 2.24) is 0 Å². The van der Waals surface area contributed by atoms with Crippen molar-refractivity contribution in [2.75, 3.05) is 0 Å². The minimum atomic E-state index is -2.90. The summed E-state index contributed by atoms with van der Waals surface area (Å²) in [6, 6.07) is 3.21. The topological polar surface area (TPSA) is 152 Å². The molecule has 0 fully saturated rings. The molecule has 37 heavy (non-hydrogen) atoms. The van der Waals surface area contributed by atoms with Crippen molar-refractivity contribution < 1.29 is 39.9 Å². The van der Waals surface area contributed by atoms with Crippen LogP contribution in [0.4, 0.5) is 0 Å². The number of aliphatic hydroxyl groups is 4. The molecule has 0 spiro atoms. The van der Waals surface area contributed by atoms with Gasteiger partial charge in [-0.25, -0.2) is 0 Å². The van der Waals surface area contributed by atoms with E-state index in [4.69, 9.17) is 0 Å². The maximum absolute atomic E-state index is 14.0. The average molecular weight is 509 g/mol. The van der Waals surface area contributed by atoms with Crippen LogP contribution >= 0.6 is 0 Å². The van der Waals surface area contributed by atoms with Crippen LogP contribution in [-0.4, -0.2) is 54.6 Å². The van der Waals surface area contributed by atoms with Gasteiger partial charge in [0.1, 0.15) is 22.8 Å². The molecule has 1 aromatic carbocycles. The van der Waals surface area contributed by atoms with E-state index in [0.29, 0.717) is 5.56 Å². The molecule has 0 aliphatic heterocycles. The summed E-state index contributed by atoms with van der Waals surface area (Å²) in [5.74, 6) is -7.23. The highest BCUT2D eigenvalue weighted by molar-refractivity contribution is 6.25. The van der Waals surface area contributed by atoms with E-state index in [2.05, 4.69) is 12.3 Å². The molecule has 0 bridgehead atoms. The molecule has 8 heteroatoms. The lowest BCUT2D eigenvalue weighted by atomic mass is 9.41. The van der Waals surface area contributed by atoms with Gasteiger partial charge in [-0.1, -0.05) is 53.3 Å². The number of phenolic OH excluding ortho intramolecular Hbond substituents is 1.